The van der Waals surface area contributed by atoms with Crippen LogP contribution in [0.15, 0.2) is 24.3 Å². The Morgan fingerprint density at radius 3 is 3.15 bits per heavy atom. The van der Waals surface area contributed by atoms with Crippen LogP contribution in [0.25, 0.3) is 0 Å². The molecule has 0 aromatic heterocycles. The molecule has 0 saturated carbocycles. The van der Waals surface area contributed by atoms with E-state index >= 15 is 0 Å². The van der Waals surface area contributed by atoms with Crippen LogP contribution in [-0.2, 0) is 0 Å². The van der Waals surface area contributed by atoms with E-state index in [1.807, 2.05) is 29.2 Å². The van der Waals surface area contributed by atoms with Crippen LogP contribution >= 0.6 is 0 Å². The fourth-order valence-electron chi connectivity index (χ4n) is 1.40. The number of benzene rings is 1. The monoisotopic (exact) mass is 177 g/mol. The third-order valence-electron chi connectivity index (χ3n) is 2.01. The van der Waals surface area contributed by atoms with Gasteiger partial charge in [0.25, 0.3) is 0 Å². The predicted octanol–water partition coefficient (Wildman–Crippen LogP) is 0.916. The average molecular weight is 177 g/mol. The van der Waals surface area contributed by atoms with Gasteiger partial charge in [0.15, 0.2) is 0 Å². The molecular weight excluding hydrogens is 166 g/mol. The molecule has 68 valence electrons. The van der Waals surface area contributed by atoms with Crippen LogP contribution in [0.4, 0.5) is 5.69 Å². The van der Waals surface area contributed by atoms with E-state index in [2.05, 4.69) is 6.61 Å². The molecule has 0 bridgehead atoms. The van der Waals surface area contributed by atoms with Gasteiger partial charge in [-0.25, -0.2) is 0 Å². The lowest BCUT2D eigenvalue weighted by Gasteiger charge is -2.29. The third-order valence-corrected chi connectivity index (χ3v) is 2.01. The Morgan fingerprint density at radius 1 is 1.46 bits per heavy atom. The number of hydrogen-bond donors (Lipinski definition) is 1. The quantitative estimate of drug-likeness (QED) is 0.729. The number of β-amino-alcohol motifs (C(OH)–C–C–N with tert-alkyl or cyclic N) is 1. The maximum Gasteiger partial charge on any atom is 0.217 e. The van der Waals surface area contributed by atoms with Crippen molar-refractivity contribution >= 4 is 5.69 Å². The van der Waals surface area contributed by atoms with Crippen molar-refractivity contribution in [1.29, 1.82) is 0 Å². The molecule has 1 N–H and O–H groups in total. The van der Waals surface area contributed by atoms with Crippen LogP contribution in [0.5, 0.6) is 5.75 Å². The summed E-state index contributed by atoms with van der Waals surface area (Å²) in [6.45, 7) is 4.17. The van der Waals surface area contributed by atoms with Gasteiger partial charge in [0.1, 0.15) is 5.75 Å². The Balaban J connectivity index is 2.26. The Hall–Kier alpha value is -1.22. The molecule has 1 heterocycles. The molecule has 0 spiro atoms. The van der Waals surface area contributed by atoms with Crippen molar-refractivity contribution < 1.29 is 9.84 Å². The molecule has 1 aliphatic rings. The lowest BCUT2D eigenvalue weighted by Crippen LogP contribution is -2.32. The molecule has 0 unspecified atom stereocenters. The lowest BCUT2D eigenvalue weighted by molar-refractivity contribution is 0.295. The molecule has 1 aromatic carbocycles. The summed E-state index contributed by atoms with van der Waals surface area (Å²) in [6, 6.07) is 7.75. The summed E-state index contributed by atoms with van der Waals surface area (Å²) in [4.78, 5) is 2.03. The van der Waals surface area contributed by atoms with E-state index in [1.54, 1.807) is 0 Å². The standard InChI is InChI=1S/C10H11NO2/c12-7-5-11-6-8-13-10-4-2-1-3-9(10)11/h1-4,12H,5-7H2. The molecule has 0 atom stereocenters. The van der Waals surface area contributed by atoms with Crippen LogP contribution in [-0.4, -0.2) is 24.8 Å². The molecule has 13 heavy (non-hydrogen) atoms. The van der Waals surface area contributed by atoms with Crippen molar-refractivity contribution in [2.45, 2.75) is 0 Å². The van der Waals surface area contributed by atoms with Gasteiger partial charge in [-0.15, -0.1) is 0 Å². The number of aliphatic hydroxyl groups is 1. The van der Waals surface area contributed by atoms with E-state index in [0.717, 1.165) is 11.4 Å². The Kier molecular flexibility index (Phi) is 2.36. The van der Waals surface area contributed by atoms with Gasteiger partial charge in [-0.05, 0) is 12.1 Å². The highest BCUT2D eigenvalue weighted by Crippen LogP contribution is 2.31. The van der Waals surface area contributed by atoms with E-state index in [4.69, 9.17) is 9.84 Å². The topological polar surface area (TPSA) is 32.7 Å². The predicted molar refractivity (Wildman–Crippen MR) is 49.6 cm³/mol. The minimum Gasteiger partial charge on any atom is -0.474 e. The van der Waals surface area contributed by atoms with Crippen LogP contribution < -0.4 is 9.64 Å². The highest BCUT2D eigenvalue weighted by Gasteiger charge is 2.17. The van der Waals surface area contributed by atoms with Crippen molar-refractivity contribution in [3.63, 3.8) is 0 Å². The van der Waals surface area contributed by atoms with E-state index in [9.17, 15) is 0 Å². The molecule has 2 rings (SSSR count). The maximum absolute atomic E-state index is 8.83. The lowest BCUT2D eigenvalue weighted by atomic mass is 10.2. The molecule has 0 saturated heterocycles. The molecule has 1 aliphatic heterocycles. The van der Waals surface area contributed by atoms with Gasteiger partial charge in [-0.3, -0.25) is 0 Å². The molecule has 3 nitrogen and oxygen atoms in total. The molecular formula is C10H11NO2. The fourth-order valence-corrected chi connectivity index (χ4v) is 1.40. The van der Waals surface area contributed by atoms with Gasteiger partial charge >= 0.3 is 0 Å². The van der Waals surface area contributed by atoms with Crippen molar-refractivity contribution in [2.75, 3.05) is 24.6 Å². The van der Waals surface area contributed by atoms with Crippen LogP contribution in [0.2, 0.25) is 0 Å². The molecule has 3 heteroatoms. The van der Waals surface area contributed by atoms with Gasteiger partial charge in [0.2, 0.25) is 6.61 Å². The Labute approximate surface area is 77.6 Å². The van der Waals surface area contributed by atoms with Gasteiger partial charge in [0.05, 0.1) is 18.8 Å². The number of hydrogen-bond acceptors (Lipinski definition) is 3. The summed E-state index contributed by atoms with van der Waals surface area (Å²) in [5.41, 5.74) is 1.02. The van der Waals surface area contributed by atoms with Gasteiger partial charge < -0.3 is 14.7 Å². The second kappa shape index (κ2) is 3.66. The van der Waals surface area contributed by atoms with E-state index < -0.39 is 0 Å². The first-order valence-corrected chi connectivity index (χ1v) is 4.26. The van der Waals surface area contributed by atoms with Gasteiger partial charge in [0, 0.05) is 6.54 Å². The van der Waals surface area contributed by atoms with Gasteiger partial charge in [-0.2, -0.15) is 0 Å². The van der Waals surface area contributed by atoms with Crippen molar-refractivity contribution in [1.82, 2.24) is 0 Å². The van der Waals surface area contributed by atoms with Crippen LogP contribution in [0.3, 0.4) is 0 Å². The summed E-state index contributed by atoms with van der Waals surface area (Å²) in [5, 5.41) is 8.83. The first-order chi connectivity index (χ1) is 6.42. The third kappa shape index (κ3) is 1.60. The normalized spacial score (nSPS) is 15.0. The summed E-state index contributed by atoms with van der Waals surface area (Å²) in [5.74, 6) is 0.808. The second-order valence-electron chi connectivity index (χ2n) is 2.86. The second-order valence-corrected chi connectivity index (χ2v) is 2.86. The largest absolute Gasteiger partial charge is 0.474 e. The molecule has 0 amide bonds. The Morgan fingerprint density at radius 2 is 2.31 bits per heavy atom. The van der Waals surface area contributed by atoms with Crippen molar-refractivity contribution in [2.24, 2.45) is 0 Å². The minimum atomic E-state index is 0.149. The smallest absolute Gasteiger partial charge is 0.217 e. The number of fused-ring (bicyclic) bond motifs is 1. The summed E-state index contributed by atoms with van der Waals surface area (Å²) in [6.07, 6.45) is 0. The minimum absolute atomic E-state index is 0.149. The summed E-state index contributed by atoms with van der Waals surface area (Å²) in [7, 11) is 0. The average Bonchev–Trinajstić information content (AvgIpc) is 2.19. The van der Waals surface area contributed by atoms with E-state index in [0.29, 0.717) is 13.1 Å². The van der Waals surface area contributed by atoms with Crippen LogP contribution in [0, 0.1) is 6.61 Å². The molecule has 0 aliphatic carbocycles. The van der Waals surface area contributed by atoms with Gasteiger partial charge in [-0.1, -0.05) is 12.1 Å². The first-order valence-electron chi connectivity index (χ1n) is 4.26. The number of para-hydroxylation sites is 2. The summed E-state index contributed by atoms with van der Waals surface area (Å²) >= 11 is 0. The highest BCUT2D eigenvalue weighted by atomic mass is 16.5. The van der Waals surface area contributed by atoms with E-state index in [-0.39, 0.29) is 6.61 Å². The zero-order chi connectivity index (χ0) is 9.10. The Bertz CT molecular complexity index is 288. The maximum atomic E-state index is 8.83. The SMILES string of the molecule is OCCN1C[C]Oc2ccccc21. The zero-order valence-corrected chi connectivity index (χ0v) is 7.23. The van der Waals surface area contributed by atoms with Crippen LogP contribution in [0.1, 0.15) is 0 Å². The number of anilines is 1. The van der Waals surface area contributed by atoms with Crippen molar-refractivity contribution in [3.8, 4) is 5.75 Å². The van der Waals surface area contributed by atoms with Crippen molar-refractivity contribution in [3.05, 3.63) is 30.9 Å². The van der Waals surface area contributed by atoms with E-state index in [1.165, 1.54) is 0 Å². The highest BCUT2D eigenvalue weighted by molar-refractivity contribution is 5.60. The number of nitrogens with zero attached hydrogens (tertiary/aromatic N) is 1. The molecule has 2 radical (unpaired) electrons. The number of aliphatic hydroxyl groups excluding tert-OH is 1. The number of ether oxygens (including phenoxy) is 1. The first kappa shape index (κ1) is 8.38. The fraction of sp³-hybridized carbons (Fsp3) is 0.300. The summed E-state index contributed by atoms with van der Waals surface area (Å²) < 4.78 is 5.23. The molecule has 0 fully saturated rings. The zero-order valence-electron chi connectivity index (χ0n) is 7.23. The number of rotatable bonds is 2. The molecule has 1 aromatic rings.